The van der Waals surface area contributed by atoms with Gasteiger partial charge in [-0.1, -0.05) is 0 Å². The van der Waals surface area contributed by atoms with E-state index in [-0.39, 0.29) is 17.2 Å². The third-order valence-corrected chi connectivity index (χ3v) is 6.41. The fourth-order valence-electron chi connectivity index (χ4n) is 3.99. The molecule has 1 spiro atoms. The number of furan rings is 1. The van der Waals surface area contributed by atoms with Crippen LogP contribution in [0.15, 0.2) is 39.6 Å². The van der Waals surface area contributed by atoms with E-state index in [0.29, 0.717) is 5.76 Å². The summed E-state index contributed by atoms with van der Waals surface area (Å²) in [6, 6.07) is 5.37. The molecule has 0 saturated carbocycles. The summed E-state index contributed by atoms with van der Waals surface area (Å²) in [6.45, 7) is 3.19. The Bertz CT molecular complexity index is 655. The van der Waals surface area contributed by atoms with Gasteiger partial charge in [0, 0.05) is 31.6 Å². The summed E-state index contributed by atoms with van der Waals surface area (Å²) in [5.41, 5.74) is 1.09. The monoisotopic (exact) mass is 358 g/mol. The maximum Gasteiger partial charge on any atom is 0.289 e. The Hall–Kier alpha value is -2.08. The van der Waals surface area contributed by atoms with Crippen molar-refractivity contribution >= 4 is 23.2 Å². The molecule has 0 N–H and O–H groups in total. The topological polar surface area (TPSA) is 53.8 Å². The van der Waals surface area contributed by atoms with Gasteiger partial charge in [0.2, 0.25) is 0 Å². The fourth-order valence-corrected chi connectivity index (χ4v) is 4.62. The van der Waals surface area contributed by atoms with Gasteiger partial charge in [0.25, 0.3) is 11.8 Å². The molecule has 0 atom stereocenters. The summed E-state index contributed by atoms with van der Waals surface area (Å²) in [7, 11) is 0. The number of carbonyl (C=O) groups excluding carboxylic acids is 2. The molecule has 2 fully saturated rings. The van der Waals surface area contributed by atoms with Crippen LogP contribution >= 0.6 is 11.3 Å². The molecule has 0 radical (unpaired) electrons. The van der Waals surface area contributed by atoms with Crippen molar-refractivity contribution in [1.29, 1.82) is 0 Å². The van der Waals surface area contributed by atoms with E-state index in [1.807, 2.05) is 26.6 Å². The second-order valence-corrected chi connectivity index (χ2v) is 7.85. The summed E-state index contributed by atoms with van der Waals surface area (Å²) < 4.78 is 5.23. The molecule has 2 saturated heterocycles. The predicted molar refractivity (Wildman–Crippen MR) is 95.7 cm³/mol. The normalized spacial score (nSPS) is 20.0. The lowest BCUT2D eigenvalue weighted by molar-refractivity contribution is 0.0269. The zero-order valence-corrected chi connectivity index (χ0v) is 15.0. The molecular formula is C19H22N2O3S. The summed E-state index contributed by atoms with van der Waals surface area (Å²) in [6.07, 6.45) is 5.63. The highest BCUT2D eigenvalue weighted by Crippen LogP contribution is 2.41. The van der Waals surface area contributed by atoms with Crippen molar-refractivity contribution in [3.63, 3.8) is 0 Å². The molecule has 0 aliphatic carbocycles. The minimum absolute atomic E-state index is 0.00933. The average Bonchev–Trinajstić information content (AvgIpc) is 3.36. The van der Waals surface area contributed by atoms with Crippen molar-refractivity contribution in [1.82, 2.24) is 9.80 Å². The highest BCUT2D eigenvalue weighted by Gasteiger charge is 2.39. The molecule has 4 heterocycles. The highest BCUT2D eigenvalue weighted by atomic mass is 32.1. The maximum absolute atomic E-state index is 12.5. The maximum atomic E-state index is 12.5. The van der Waals surface area contributed by atoms with E-state index in [9.17, 15) is 9.59 Å². The molecule has 6 heteroatoms. The Balaban J connectivity index is 1.32. The summed E-state index contributed by atoms with van der Waals surface area (Å²) in [5.74, 6) is 0.568. The quantitative estimate of drug-likeness (QED) is 0.826. The molecule has 2 aromatic heterocycles. The van der Waals surface area contributed by atoms with Crippen LogP contribution < -0.4 is 0 Å². The van der Waals surface area contributed by atoms with E-state index in [0.717, 1.165) is 57.4 Å². The van der Waals surface area contributed by atoms with Crippen LogP contribution in [0.5, 0.6) is 0 Å². The van der Waals surface area contributed by atoms with E-state index >= 15 is 0 Å². The van der Waals surface area contributed by atoms with E-state index < -0.39 is 0 Å². The van der Waals surface area contributed by atoms with Gasteiger partial charge in [0.05, 0.1) is 11.8 Å². The van der Waals surface area contributed by atoms with Crippen molar-refractivity contribution in [2.24, 2.45) is 5.41 Å². The van der Waals surface area contributed by atoms with Gasteiger partial charge in [-0.15, -0.1) is 0 Å². The second-order valence-electron chi connectivity index (χ2n) is 7.07. The Morgan fingerprint density at radius 1 is 0.960 bits per heavy atom. The van der Waals surface area contributed by atoms with Crippen LogP contribution in [-0.2, 0) is 0 Å². The van der Waals surface area contributed by atoms with Crippen LogP contribution in [0.25, 0.3) is 0 Å². The minimum atomic E-state index is -0.00933. The molecule has 2 aliphatic heterocycles. The van der Waals surface area contributed by atoms with Crippen molar-refractivity contribution in [3.05, 3.63) is 46.5 Å². The number of nitrogens with zero attached hydrogens (tertiary/aromatic N) is 2. The predicted octanol–water partition coefficient (Wildman–Crippen LogP) is 3.50. The number of piperidine rings is 2. The van der Waals surface area contributed by atoms with Crippen LogP contribution in [0.4, 0.5) is 0 Å². The number of amides is 2. The molecule has 2 amide bonds. The number of thiophene rings is 1. The first-order valence-corrected chi connectivity index (χ1v) is 9.75. The van der Waals surface area contributed by atoms with Crippen LogP contribution in [0.3, 0.4) is 0 Å². The lowest BCUT2D eigenvalue weighted by Gasteiger charge is -2.46. The molecule has 0 unspecified atom stereocenters. The lowest BCUT2D eigenvalue weighted by Crippen LogP contribution is -2.49. The van der Waals surface area contributed by atoms with Gasteiger partial charge in [-0.25, -0.2) is 0 Å². The third-order valence-electron chi connectivity index (χ3n) is 5.72. The highest BCUT2D eigenvalue weighted by molar-refractivity contribution is 7.08. The Morgan fingerprint density at radius 3 is 2.12 bits per heavy atom. The standard InChI is InChI=1S/C19H22N2O3S/c22-17(15-3-13-25-14-15)20-8-4-19(5-9-20)6-10-21(11-7-19)18(23)16-2-1-12-24-16/h1-3,12-14H,4-11H2. The van der Waals surface area contributed by atoms with Crippen LogP contribution in [0.2, 0.25) is 0 Å². The lowest BCUT2D eigenvalue weighted by atomic mass is 9.71. The van der Waals surface area contributed by atoms with E-state index in [1.54, 1.807) is 29.7 Å². The summed E-state index contributed by atoms with van der Waals surface area (Å²) >= 11 is 1.56. The van der Waals surface area contributed by atoms with Gasteiger partial charge in [-0.2, -0.15) is 11.3 Å². The second kappa shape index (κ2) is 6.67. The number of hydrogen-bond donors (Lipinski definition) is 0. The first-order valence-electron chi connectivity index (χ1n) is 8.81. The van der Waals surface area contributed by atoms with E-state index in [2.05, 4.69) is 0 Å². The Morgan fingerprint density at radius 2 is 1.60 bits per heavy atom. The molecule has 5 nitrogen and oxygen atoms in total. The number of carbonyl (C=O) groups is 2. The molecule has 132 valence electrons. The zero-order chi connectivity index (χ0) is 17.3. The fraction of sp³-hybridized carbons (Fsp3) is 0.474. The first-order chi connectivity index (χ1) is 12.2. The minimum Gasteiger partial charge on any atom is -0.459 e. The third kappa shape index (κ3) is 3.23. The molecule has 2 aliphatic rings. The average molecular weight is 358 g/mol. The Kier molecular flexibility index (Phi) is 4.37. The van der Waals surface area contributed by atoms with Crippen LogP contribution in [0.1, 0.15) is 46.6 Å². The molecule has 0 aromatic carbocycles. The van der Waals surface area contributed by atoms with Crippen LogP contribution in [0, 0.1) is 5.41 Å². The van der Waals surface area contributed by atoms with Crippen molar-refractivity contribution in [2.45, 2.75) is 25.7 Å². The molecular weight excluding hydrogens is 336 g/mol. The number of rotatable bonds is 2. The Labute approximate surface area is 151 Å². The van der Waals surface area contributed by atoms with Gasteiger partial charge in [-0.3, -0.25) is 9.59 Å². The SMILES string of the molecule is O=C(c1ccsc1)N1CCC2(CC1)CCN(C(=O)c1ccco1)CC2. The number of likely N-dealkylation sites (tertiary alicyclic amines) is 2. The van der Waals surface area contributed by atoms with Crippen molar-refractivity contribution in [3.8, 4) is 0 Å². The largest absolute Gasteiger partial charge is 0.459 e. The zero-order valence-electron chi connectivity index (χ0n) is 14.1. The van der Waals surface area contributed by atoms with Gasteiger partial charge in [0.1, 0.15) is 0 Å². The van der Waals surface area contributed by atoms with E-state index in [4.69, 9.17) is 4.42 Å². The van der Waals surface area contributed by atoms with Gasteiger partial charge >= 0.3 is 0 Å². The molecule has 25 heavy (non-hydrogen) atoms. The number of hydrogen-bond acceptors (Lipinski definition) is 4. The first kappa shape index (κ1) is 16.4. The molecule has 2 aromatic rings. The van der Waals surface area contributed by atoms with Gasteiger partial charge < -0.3 is 14.2 Å². The molecule has 0 bridgehead atoms. The smallest absolute Gasteiger partial charge is 0.289 e. The van der Waals surface area contributed by atoms with Crippen molar-refractivity contribution < 1.29 is 14.0 Å². The van der Waals surface area contributed by atoms with Crippen molar-refractivity contribution in [2.75, 3.05) is 26.2 Å². The van der Waals surface area contributed by atoms with Gasteiger partial charge in [0.15, 0.2) is 5.76 Å². The van der Waals surface area contributed by atoms with E-state index in [1.165, 1.54) is 0 Å². The summed E-state index contributed by atoms with van der Waals surface area (Å²) in [5, 5.41) is 3.87. The van der Waals surface area contributed by atoms with Crippen LogP contribution in [-0.4, -0.2) is 47.8 Å². The summed E-state index contributed by atoms with van der Waals surface area (Å²) in [4.78, 5) is 28.7. The van der Waals surface area contributed by atoms with Gasteiger partial charge in [-0.05, 0) is 54.7 Å². The molecule has 4 rings (SSSR count).